The molecule has 628 valence electrons. The van der Waals surface area contributed by atoms with E-state index >= 15 is 0 Å². The van der Waals surface area contributed by atoms with Crippen LogP contribution in [0.25, 0.3) is 10.9 Å². The first kappa shape index (κ1) is 94.2. The number of likely N-dealkylation sites (tertiary alicyclic amines) is 4. The van der Waals surface area contributed by atoms with Gasteiger partial charge in [-0.05, 0) is 300 Å². The Balaban J connectivity index is 0.000000216. The summed E-state index contributed by atoms with van der Waals surface area (Å²) >= 11 is 0. The summed E-state index contributed by atoms with van der Waals surface area (Å²) in [4.78, 5) is 59.8. The van der Waals surface area contributed by atoms with Crippen LogP contribution in [0.1, 0.15) is 255 Å². The van der Waals surface area contributed by atoms with Crippen molar-refractivity contribution in [2.75, 3.05) is 165 Å². The Morgan fingerprint density at radius 3 is 1.36 bits per heavy atom. The van der Waals surface area contributed by atoms with Gasteiger partial charge in [0.25, 0.3) is 5.69 Å². The summed E-state index contributed by atoms with van der Waals surface area (Å²) in [5.74, 6) is 4.11. The van der Waals surface area contributed by atoms with Gasteiger partial charge in [-0.25, -0.2) is 19.9 Å². The second-order valence-corrected chi connectivity index (χ2v) is 30.9. The van der Waals surface area contributed by atoms with Crippen LogP contribution >= 0.6 is 0 Å². The van der Waals surface area contributed by atoms with Crippen LogP contribution in [-0.4, -0.2) is 193 Å². The molecule has 23 heteroatoms. The molecule has 0 aliphatic carbocycles. The number of nitrogens with zero attached hydrogens (tertiary/aromatic N) is 10. The lowest BCUT2D eigenvalue weighted by atomic mass is 10.0. The van der Waals surface area contributed by atoms with Gasteiger partial charge in [0.15, 0.2) is 5.78 Å². The fraction of sp³-hybridized carbons (Fsp3) is 0.656. The summed E-state index contributed by atoms with van der Waals surface area (Å²) in [6, 6.07) is 30.2. The molecule has 0 atom stereocenters. The molecule has 4 aromatic heterocycles. The fourth-order valence-corrected chi connectivity index (χ4v) is 14.5. The van der Waals surface area contributed by atoms with Gasteiger partial charge in [0.2, 0.25) is 5.82 Å². The van der Waals surface area contributed by atoms with Gasteiger partial charge in [0.05, 0.1) is 33.9 Å². The summed E-state index contributed by atoms with van der Waals surface area (Å²) in [7, 11) is 0. The third-order valence-electron chi connectivity index (χ3n) is 21.3. The van der Waals surface area contributed by atoms with E-state index in [-0.39, 0.29) is 17.2 Å². The number of carbonyl (C=O) groups is 1. The molecule has 113 heavy (non-hydrogen) atoms. The van der Waals surface area contributed by atoms with Crippen molar-refractivity contribution in [3.63, 3.8) is 0 Å². The number of para-hydroxylation sites is 1. The number of piperidine rings is 6. The van der Waals surface area contributed by atoms with Crippen molar-refractivity contribution >= 4 is 57.0 Å². The van der Waals surface area contributed by atoms with Crippen LogP contribution in [0.5, 0.6) is 5.75 Å². The molecule has 10 heterocycles. The van der Waals surface area contributed by atoms with Crippen molar-refractivity contribution in [3.05, 3.63) is 141 Å². The van der Waals surface area contributed by atoms with Crippen molar-refractivity contribution in [2.24, 2.45) is 0 Å². The van der Waals surface area contributed by atoms with Crippen LogP contribution in [0.2, 0.25) is 0 Å². The lowest BCUT2D eigenvalue weighted by Crippen LogP contribution is -2.31. The Morgan fingerprint density at radius 1 is 0.442 bits per heavy atom. The topological polar surface area (TPSA) is 275 Å². The first-order valence-electron chi connectivity index (χ1n) is 44.4. The minimum Gasteiger partial charge on any atom is -0.494 e. The van der Waals surface area contributed by atoms with E-state index in [0.29, 0.717) is 23.7 Å². The third-order valence-corrected chi connectivity index (χ3v) is 21.3. The Bertz CT molecular complexity index is 3290. The molecule has 0 saturated carbocycles. The van der Waals surface area contributed by atoms with E-state index < -0.39 is 9.85 Å². The zero-order chi connectivity index (χ0) is 79.9. The Morgan fingerprint density at radius 2 is 0.894 bits per heavy atom. The van der Waals surface area contributed by atoms with Gasteiger partial charge >= 0.3 is 5.69 Å². The van der Waals surface area contributed by atoms with Crippen LogP contribution in [-0.2, 0) is 0 Å². The number of hydrogen-bond donors (Lipinski definition) is 7. The molecule has 0 spiro atoms. The molecule has 6 aromatic rings. The highest BCUT2D eigenvalue weighted by atomic mass is 16.6. The van der Waals surface area contributed by atoms with Gasteiger partial charge in [-0.1, -0.05) is 122 Å². The van der Waals surface area contributed by atoms with Crippen LogP contribution in [0.4, 0.5) is 40.3 Å². The maximum absolute atomic E-state index is 12.4. The van der Waals surface area contributed by atoms with E-state index in [9.17, 15) is 25.0 Å². The maximum atomic E-state index is 12.4. The summed E-state index contributed by atoms with van der Waals surface area (Å²) in [6.07, 6.45) is 50.3. The second kappa shape index (κ2) is 62.7. The normalized spacial score (nSPS) is 15.9. The monoisotopic (exact) mass is 1560 g/mol. The predicted octanol–water partition coefficient (Wildman–Crippen LogP) is 19.3. The molecule has 12 rings (SSSR count). The summed E-state index contributed by atoms with van der Waals surface area (Å²) in [6.45, 7) is 28.8. The zero-order valence-corrected chi connectivity index (χ0v) is 69.8. The Labute approximate surface area is 679 Å². The van der Waals surface area contributed by atoms with E-state index in [1.54, 1.807) is 24.5 Å². The van der Waals surface area contributed by atoms with Gasteiger partial charge in [0.1, 0.15) is 29.4 Å². The zero-order valence-electron chi connectivity index (χ0n) is 69.8. The van der Waals surface area contributed by atoms with Crippen molar-refractivity contribution in [3.8, 4) is 5.75 Å². The largest absolute Gasteiger partial charge is 0.494 e. The number of ether oxygens (including phenoxy) is 1. The molecule has 6 saturated heterocycles. The van der Waals surface area contributed by atoms with Crippen LogP contribution < -0.4 is 42.4 Å². The second-order valence-electron chi connectivity index (χ2n) is 30.9. The lowest BCUT2D eigenvalue weighted by molar-refractivity contribution is -0.385. The molecule has 2 aromatic carbocycles. The van der Waals surface area contributed by atoms with Gasteiger partial charge in [-0.15, -0.1) is 0 Å². The van der Waals surface area contributed by atoms with Gasteiger partial charge in [-0.3, -0.25) is 25.0 Å². The van der Waals surface area contributed by atoms with Crippen molar-refractivity contribution in [2.45, 2.75) is 245 Å². The minimum atomic E-state index is -0.433. The number of unbranched alkanes of at least 4 members (excludes halogenated alkanes) is 11. The molecular formula is C90H147N17O6. The van der Waals surface area contributed by atoms with E-state index in [2.05, 4.69) is 116 Å². The van der Waals surface area contributed by atoms with E-state index in [4.69, 9.17) is 10.5 Å². The quantitative estimate of drug-likeness (QED) is 0.00817. The average molecular weight is 1560 g/mol. The number of carbonyl (C=O) groups excluding carboxylic acids is 1. The number of Topliss-reactive ketones (excluding diaryl/α,β-unsaturated/α-hetero) is 1. The first-order valence-corrected chi connectivity index (χ1v) is 44.4. The molecule has 0 radical (unpaired) electrons. The number of rotatable bonds is 39. The molecule has 6 fully saturated rings. The molecule has 0 bridgehead atoms. The van der Waals surface area contributed by atoms with Crippen molar-refractivity contribution in [1.29, 1.82) is 0 Å². The number of pyridine rings is 4. The minimum absolute atomic E-state index is 0.0297. The molecular weight excluding hydrogens is 1420 g/mol. The Hall–Kier alpha value is -7.67. The summed E-state index contributed by atoms with van der Waals surface area (Å²) in [5, 5.41) is 41.8. The summed E-state index contributed by atoms with van der Waals surface area (Å²) < 4.78 is 5.86. The number of nitrogens with one attached hydrogen (secondary N) is 6. The predicted molar refractivity (Wildman–Crippen MR) is 471 cm³/mol. The number of nitrogen functional groups attached to an aromatic ring is 1. The van der Waals surface area contributed by atoms with Crippen LogP contribution in [0.3, 0.4) is 0 Å². The fourth-order valence-electron chi connectivity index (χ4n) is 14.5. The van der Waals surface area contributed by atoms with E-state index in [1.165, 1.54) is 302 Å². The molecule has 6 aliphatic rings. The van der Waals surface area contributed by atoms with E-state index in [0.717, 1.165) is 113 Å². The summed E-state index contributed by atoms with van der Waals surface area (Å²) in [5.41, 5.74) is 8.18. The number of aromatic nitrogens is 4. The molecule has 0 unspecified atom stereocenters. The van der Waals surface area contributed by atoms with Gasteiger partial charge in [0, 0.05) is 68.4 Å². The lowest BCUT2D eigenvalue weighted by Gasteiger charge is -2.26. The van der Waals surface area contributed by atoms with Gasteiger partial charge in [-0.2, -0.15) is 0 Å². The Kier molecular flexibility index (Phi) is 52.2. The van der Waals surface area contributed by atoms with E-state index in [1.807, 2.05) is 42.5 Å². The molecule has 8 N–H and O–H groups in total. The number of ketones is 1. The van der Waals surface area contributed by atoms with Gasteiger partial charge < -0.3 is 62.0 Å². The number of benzene rings is 2. The molecule has 0 amide bonds. The van der Waals surface area contributed by atoms with Crippen LogP contribution in [0.15, 0.2) is 116 Å². The van der Waals surface area contributed by atoms with Crippen LogP contribution in [0, 0.1) is 20.2 Å². The molecule has 6 aliphatic heterocycles. The number of nitro groups is 2. The number of anilines is 5. The average Bonchev–Trinajstić information content (AvgIpc) is 0.852. The first-order chi connectivity index (χ1) is 55.6. The van der Waals surface area contributed by atoms with Crippen molar-refractivity contribution < 1.29 is 19.4 Å². The SMILES string of the molecule is C1CCNCC1.C1CCNCC1.CCCCCNc1ccc(N)cn1.CCCCCNc1ncccc1[N+](=O)[O-].O=C(CCCCCN1CCCCC1)c1ccc(OCCCN2CCCCC2)cc1.O=[N+]([O-])c1ccc(NCCCCCN2CCCCC2)nc1.c1ccc2nc(NCCCCCCN3CCCCC3)ccc2c1. The molecule has 23 nitrogen and oxygen atoms in total. The van der Waals surface area contributed by atoms with Crippen molar-refractivity contribution in [1.82, 2.24) is 50.2 Å². The highest BCUT2D eigenvalue weighted by molar-refractivity contribution is 5.96. The standard InChI is InChI=1S/C25H40N2O2.C20H29N3.C15H24N4O2.C10H15N3O2.C10H17N3.2C5H11N/c28-25(11-4-1-5-16-26-17-6-2-7-18-26)23-12-14-24(15-13-23)29-22-10-21-27-19-8-3-9-20-27;1(2-7-15-23-16-8-3-9-17-23)6-14-21-20-13-12-18-10-4-5-11-19(18)22-20;20-19(21)14-7-8-15(17-13-14)16-9-3-1-4-10-18-11-5-2-6-12-18;1-2-3-4-7-11-10-9(13(14)15)6-5-8-12-10;1-2-3-4-7-12-10-6-5-9(11)8-13-10;2*1-2-4-6-5-3-1/h12-15H,1-11,16-22H2;4-5,10-13H,1-3,6-9,14-17H2,(H,21,22);7-8,13H,1-6,9-12H2,(H,16,17);5-6,8H,2-4,7H2,1H3,(H,11,12);5-6,8H,2-4,7,11H2,1H3,(H,12,13);2*6H,1-5H2. The number of fused-ring (bicyclic) bond motifs is 1. The smallest absolute Gasteiger partial charge is 0.311 e. The number of nitrogens with two attached hydrogens (primary N) is 1. The maximum Gasteiger partial charge on any atom is 0.311 e. The third kappa shape index (κ3) is 45.3. The number of hydrogen-bond acceptors (Lipinski definition) is 21. The highest BCUT2D eigenvalue weighted by Gasteiger charge is 2.16. The highest BCUT2D eigenvalue weighted by Crippen LogP contribution is 2.23.